The number of aromatic nitrogens is 2. The highest BCUT2D eigenvalue weighted by Gasteiger charge is 2.45. The van der Waals surface area contributed by atoms with E-state index in [1.165, 1.54) is 0 Å². The van der Waals surface area contributed by atoms with Gasteiger partial charge in [-0.1, -0.05) is 48.9 Å². The maximum Gasteiger partial charge on any atom is 0.295 e. The van der Waals surface area contributed by atoms with Crippen LogP contribution in [0.5, 0.6) is 5.75 Å². The van der Waals surface area contributed by atoms with Crippen molar-refractivity contribution < 1.29 is 19.4 Å². The molecule has 1 fully saturated rings. The highest BCUT2D eigenvalue weighted by molar-refractivity contribution is 6.46. The van der Waals surface area contributed by atoms with Gasteiger partial charge in [0.05, 0.1) is 24.5 Å². The molecular weight excluding hydrogens is 430 g/mol. The van der Waals surface area contributed by atoms with Crippen LogP contribution < -0.4 is 4.74 Å². The van der Waals surface area contributed by atoms with E-state index in [1.807, 2.05) is 61.0 Å². The van der Waals surface area contributed by atoms with Crippen LogP contribution in [0.1, 0.15) is 42.5 Å². The summed E-state index contributed by atoms with van der Waals surface area (Å²) in [5.74, 6) is -0.708. The van der Waals surface area contributed by atoms with E-state index in [0.29, 0.717) is 31.7 Å². The van der Waals surface area contributed by atoms with Crippen molar-refractivity contribution in [2.24, 2.45) is 0 Å². The molecule has 1 saturated heterocycles. The smallest absolute Gasteiger partial charge is 0.295 e. The third kappa shape index (κ3) is 4.88. The van der Waals surface area contributed by atoms with Gasteiger partial charge >= 0.3 is 0 Å². The lowest BCUT2D eigenvalue weighted by Gasteiger charge is -2.25. The Balaban J connectivity index is 1.69. The number of aryl methyl sites for hydroxylation is 2. The number of hydrogen-bond donors (Lipinski definition) is 1. The first kappa shape index (κ1) is 23.3. The minimum Gasteiger partial charge on any atom is -0.507 e. The lowest BCUT2D eigenvalue weighted by molar-refractivity contribution is -0.139. The Morgan fingerprint density at radius 3 is 2.44 bits per heavy atom. The van der Waals surface area contributed by atoms with Crippen LogP contribution in [0.25, 0.3) is 5.76 Å². The van der Waals surface area contributed by atoms with Gasteiger partial charge < -0.3 is 19.3 Å². The first-order valence-corrected chi connectivity index (χ1v) is 11.5. The van der Waals surface area contributed by atoms with Gasteiger partial charge in [-0.2, -0.15) is 0 Å². The Labute approximate surface area is 199 Å². The van der Waals surface area contributed by atoms with E-state index >= 15 is 0 Å². The molecule has 2 aromatic carbocycles. The van der Waals surface area contributed by atoms with Gasteiger partial charge in [0.25, 0.3) is 11.7 Å². The Kier molecular flexibility index (Phi) is 7.11. The lowest BCUT2D eigenvalue weighted by Crippen LogP contribution is -2.31. The van der Waals surface area contributed by atoms with Crippen LogP contribution in [0.3, 0.4) is 0 Å². The summed E-state index contributed by atoms with van der Waals surface area (Å²) < 4.78 is 7.61. The van der Waals surface area contributed by atoms with E-state index in [4.69, 9.17) is 4.74 Å². The number of benzene rings is 2. The fraction of sp³-hybridized carbons (Fsp3) is 0.296. The van der Waals surface area contributed by atoms with Crippen molar-refractivity contribution in [1.82, 2.24) is 14.5 Å². The number of ketones is 1. The number of carbonyl (C=O) groups is 2. The van der Waals surface area contributed by atoms with Crippen LogP contribution in [0.15, 0.2) is 72.8 Å². The fourth-order valence-electron chi connectivity index (χ4n) is 4.13. The number of aliphatic hydroxyl groups is 1. The minimum atomic E-state index is -0.677. The molecule has 7 nitrogen and oxygen atoms in total. The zero-order valence-corrected chi connectivity index (χ0v) is 19.5. The van der Waals surface area contributed by atoms with Crippen molar-refractivity contribution in [3.8, 4) is 5.75 Å². The number of imidazole rings is 1. The summed E-state index contributed by atoms with van der Waals surface area (Å²) in [4.78, 5) is 31.8. The molecule has 4 rings (SSSR count). The maximum absolute atomic E-state index is 13.1. The number of hydrogen-bond acceptors (Lipinski definition) is 5. The molecule has 1 aliphatic heterocycles. The number of carbonyl (C=O) groups excluding carboxylic acids is 2. The summed E-state index contributed by atoms with van der Waals surface area (Å²) in [5.41, 5.74) is 2.41. The molecule has 2 heterocycles. The number of nitrogens with zero attached hydrogens (tertiary/aromatic N) is 3. The SMILES string of the molecule is CCCOc1ccc([C@@H]2/C(=C(\O)c3ccc(C)cc3)C(=O)C(=O)N2CCCn2ccnc2)cc1. The topological polar surface area (TPSA) is 84.7 Å². The molecule has 176 valence electrons. The van der Waals surface area contributed by atoms with Crippen molar-refractivity contribution in [3.63, 3.8) is 0 Å². The van der Waals surface area contributed by atoms with E-state index < -0.39 is 17.7 Å². The van der Waals surface area contributed by atoms with Gasteiger partial charge in [0.15, 0.2) is 0 Å². The van der Waals surface area contributed by atoms with E-state index in [9.17, 15) is 14.7 Å². The minimum absolute atomic E-state index is 0.110. The first-order chi connectivity index (χ1) is 16.5. The molecule has 34 heavy (non-hydrogen) atoms. The van der Waals surface area contributed by atoms with Crippen molar-refractivity contribution in [1.29, 1.82) is 0 Å². The lowest BCUT2D eigenvalue weighted by atomic mass is 9.95. The fourth-order valence-corrected chi connectivity index (χ4v) is 4.13. The molecule has 0 saturated carbocycles. The highest BCUT2D eigenvalue weighted by atomic mass is 16.5. The standard InChI is InChI=1S/C27H29N3O4/c1-3-17-34-22-11-9-20(10-12-22)24-23(25(31)21-7-5-19(2)6-8-21)26(32)27(33)30(24)15-4-14-29-16-13-28-18-29/h5-13,16,18,24,31H,3-4,14-15,17H2,1-2H3/b25-23+/t24-/m1/s1. The van der Waals surface area contributed by atoms with Crippen LogP contribution in [-0.2, 0) is 16.1 Å². The van der Waals surface area contributed by atoms with E-state index in [2.05, 4.69) is 4.98 Å². The molecule has 0 spiro atoms. The summed E-state index contributed by atoms with van der Waals surface area (Å²) >= 11 is 0. The Morgan fingerprint density at radius 2 is 1.79 bits per heavy atom. The second-order valence-electron chi connectivity index (χ2n) is 8.43. The number of amides is 1. The van der Waals surface area contributed by atoms with Gasteiger partial charge in [-0.05, 0) is 37.5 Å². The predicted octanol–water partition coefficient (Wildman–Crippen LogP) is 4.49. The molecule has 0 radical (unpaired) electrons. The van der Waals surface area contributed by atoms with Gasteiger partial charge in [-0.3, -0.25) is 9.59 Å². The van der Waals surface area contributed by atoms with Crippen LogP contribution >= 0.6 is 0 Å². The van der Waals surface area contributed by atoms with Crippen LogP contribution in [-0.4, -0.2) is 44.4 Å². The predicted molar refractivity (Wildman–Crippen MR) is 129 cm³/mol. The summed E-state index contributed by atoms with van der Waals surface area (Å²) in [6, 6.07) is 14.0. The summed E-state index contributed by atoms with van der Waals surface area (Å²) in [5, 5.41) is 11.1. The van der Waals surface area contributed by atoms with E-state index in [1.54, 1.807) is 29.6 Å². The zero-order valence-electron chi connectivity index (χ0n) is 19.5. The number of aliphatic hydroxyl groups excluding tert-OH is 1. The molecule has 1 aliphatic rings. The molecule has 1 atom stereocenters. The molecule has 3 aromatic rings. The highest BCUT2D eigenvalue weighted by Crippen LogP contribution is 2.40. The molecule has 7 heteroatoms. The normalized spacial score (nSPS) is 17.4. The third-order valence-electron chi connectivity index (χ3n) is 5.91. The Bertz CT molecular complexity index is 1170. The van der Waals surface area contributed by atoms with Gasteiger partial charge in [0.1, 0.15) is 11.5 Å². The maximum atomic E-state index is 13.1. The van der Waals surface area contributed by atoms with Crippen LogP contribution in [0.2, 0.25) is 0 Å². The average molecular weight is 460 g/mol. The summed E-state index contributed by atoms with van der Waals surface area (Å²) in [6.07, 6.45) is 6.82. The van der Waals surface area contributed by atoms with Gasteiger partial charge in [0, 0.05) is 31.0 Å². The second-order valence-corrected chi connectivity index (χ2v) is 8.43. The molecule has 0 aliphatic carbocycles. The molecule has 0 unspecified atom stereocenters. The summed E-state index contributed by atoms with van der Waals surface area (Å²) in [6.45, 7) is 5.63. The quantitative estimate of drug-likeness (QED) is 0.289. The average Bonchev–Trinajstić information content (AvgIpc) is 3.45. The third-order valence-corrected chi connectivity index (χ3v) is 5.91. The van der Waals surface area contributed by atoms with Crippen molar-refractivity contribution in [2.45, 2.75) is 39.3 Å². The van der Waals surface area contributed by atoms with E-state index in [0.717, 1.165) is 23.3 Å². The van der Waals surface area contributed by atoms with Gasteiger partial charge in [-0.25, -0.2) is 4.98 Å². The molecule has 1 aromatic heterocycles. The monoisotopic (exact) mass is 459 g/mol. The van der Waals surface area contributed by atoms with Crippen molar-refractivity contribution >= 4 is 17.4 Å². The van der Waals surface area contributed by atoms with Gasteiger partial charge in [-0.15, -0.1) is 0 Å². The van der Waals surface area contributed by atoms with Crippen molar-refractivity contribution in [2.75, 3.05) is 13.2 Å². The first-order valence-electron chi connectivity index (χ1n) is 11.5. The largest absolute Gasteiger partial charge is 0.507 e. The molecule has 1 amide bonds. The number of ether oxygens (including phenoxy) is 1. The zero-order chi connectivity index (χ0) is 24.1. The second kappa shape index (κ2) is 10.4. The molecular formula is C27H29N3O4. The molecule has 0 bridgehead atoms. The molecule has 1 N–H and O–H groups in total. The summed E-state index contributed by atoms with van der Waals surface area (Å²) in [7, 11) is 0. The number of Topliss-reactive ketones (excluding diaryl/α,β-unsaturated/α-hetero) is 1. The van der Waals surface area contributed by atoms with Crippen LogP contribution in [0.4, 0.5) is 0 Å². The Hall–Kier alpha value is -3.87. The number of rotatable bonds is 9. The number of likely N-dealkylation sites (tertiary alicyclic amines) is 1. The van der Waals surface area contributed by atoms with Gasteiger partial charge in [0.2, 0.25) is 0 Å². The van der Waals surface area contributed by atoms with E-state index in [-0.39, 0.29) is 11.3 Å². The van der Waals surface area contributed by atoms with Crippen LogP contribution in [0, 0.1) is 6.92 Å². The van der Waals surface area contributed by atoms with Crippen molar-refractivity contribution in [3.05, 3.63) is 89.5 Å². The Morgan fingerprint density at radius 1 is 1.06 bits per heavy atom.